The third-order valence-corrected chi connectivity index (χ3v) is 8.69. The van der Waals surface area contributed by atoms with Gasteiger partial charge in [0.25, 0.3) is 5.91 Å². The van der Waals surface area contributed by atoms with Crippen LogP contribution in [0.15, 0.2) is 48.5 Å². The van der Waals surface area contributed by atoms with Gasteiger partial charge in [0.05, 0.1) is 25.3 Å². The zero-order valence-corrected chi connectivity index (χ0v) is 27.5. The van der Waals surface area contributed by atoms with Crippen molar-refractivity contribution in [1.82, 2.24) is 5.32 Å². The first-order valence-corrected chi connectivity index (χ1v) is 16.3. The van der Waals surface area contributed by atoms with Crippen molar-refractivity contribution < 1.29 is 33.3 Å². The van der Waals surface area contributed by atoms with E-state index in [0.717, 1.165) is 19.3 Å². The normalized spacial score (nSPS) is 22.8. The van der Waals surface area contributed by atoms with Crippen molar-refractivity contribution in [2.75, 3.05) is 36.6 Å². The summed E-state index contributed by atoms with van der Waals surface area (Å²) in [5.41, 5.74) is -0.152. The van der Waals surface area contributed by atoms with Gasteiger partial charge in [0.15, 0.2) is 11.8 Å². The van der Waals surface area contributed by atoms with E-state index >= 15 is 0 Å². The number of rotatable bonds is 14. The largest absolute Gasteiger partial charge is 0.494 e. The van der Waals surface area contributed by atoms with Crippen LogP contribution in [-0.4, -0.2) is 56.7 Å². The molecule has 0 radical (unpaired) electrons. The molecule has 0 spiro atoms. The van der Waals surface area contributed by atoms with Crippen LogP contribution in [0.2, 0.25) is 0 Å². The predicted molar refractivity (Wildman–Crippen MR) is 173 cm³/mol. The number of nitrogens with one attached hydrogen (secondary N) is 2. The fourth-order valence-corrected chi connectivity index (χ4v) is 6.58. The van der Waals surface area contributed by atoms with Gasteiger partial charge in [0.1, 0.15) is 11.9 Å². The number of urea groups is 1. The van der Waals surface area contributed by atoms with E-state index in [1.165, 1.54) is 4.90 Å². The van der Waals surface area contributed by atoms with Crippen molar-refractivity contribution in [3.63, 3.8) is 0 Å². The van der Waals surface area contributed by atoms with Crippen LogP contribution in [0, 0.1) is 17.8 Å². The molecule has 4 unspecified atom stereocenters. The van der Waals surface area contributed by atoms with Gasteiger partial charge >= 0.3 is 12.0 Å². The van der Waals surface area contributed by atoms with E-state index in [2.05, 4.69) is 31.4 Å². The SMILES string of the molecule is CCOc1cccc(NC(=O)NC2(CC(=O)OC3CC(C)CCC3C(C)C)C(=O)N(CC(OCC)OCC)c3ccccc32)c1. The highest BCUT2D eigenvalue weighted by atomic mass is 16.7. The Kier molecular flexibility index (Phi) is 11.9. The lowest BCUT2D eigenvalue weighted by atomic mass is 9.75. The molecule has 4 atom stereocenters. The van der Waals surface area contributed by atoms with Crippen LogP contribution in [0.5, 0.6) is 5.75 Å². The maximum Gasteiger partial charge on any atom is 0.320 e. The third-order valence-electron chi connectivity index (χ3n) is 8.69. The Labute approximate surface area is 267 Å². The summed E-state index contributed by atoms with van der Waals surface area (Å²) in [7, 11) is 0. The average molecular weight is 624 g/mol. The quantitative estimate of drug-likeness (QED) is 0.189. The van der Waals surface area contributed by atoms with Crippen LogP contribution in [-0.2, 0) is 29.3 Å². The van der Waals surface area contributed by atoms with E-state index in [9.17, 15) is 14.4 Å². The molecule has 10 heteroatoms. The van der Waals surface area contributed by atoms with Crippen LogP contribution < -0.4 is 20.3 Å². The van der Waals surface area contributed by atoms with E-state index in [1.54, 1.807) is 42.5 Å². The number of hydrogen-bond donors (Lipinski definition) is 2. The Balaban J connectivity index is 1.68. The van der Waals surface area contributed by atoms with Crippen LogP contribution >= 0.6 is 0 Å². The number of amides is 3. The Hall–Kier alpha value is -3.63. The van der Waals surface area contributed by atoms with Gasteiger partial charge in [-0.25, -0.2) is 4.79 Å². The first-order valence-electron chi connectivity index (χ1n) is 16.3. The Morgan fingerprint density at radius 3 is 2.42 bits per heavy atom. The van der Waals surface area contributed by atoms with Gasteiger partial charge in [-0.15, -0.1) is 0 Å². The topological polar surface area (TPSA) is 115 Å². The number of esters is 1. The van der Waals surface area contributed by atoms with Gasteiger partial charge in [-0.05, 0) is 69.6 Å². The maximum atomic E-state index is 14.6. The van der Waals surface area contributed by atoms with E-state index < -0.39 is 29.7 Å². The van der Waals surface area contributed by atoms with E-state index in [0.29, 0.717) is 54.3 Å². The summed E-state index contributed by atoms with van der Waals surface area (Å²) in [6, 6.07) is 13.5. The zero-order valence-electron chi connectivity index (χ0n) is 27.5. The molecule has 0 aromatic heterocycles. The number of para-hydroxylation sites is 1. The molecule has 1 saturated carbocycles. The van der Waals surface area contributed by atoms with E-state index in [1.807, 2.05) is 26.8 Å². The molecule has 2 aromatic carbocycles. The van der Waals surface area contributed by atoms with Crippen molar-refractivity contribution in [1.29, 1.82) is 0 Å². The van der Waals surface area contributed by atoms with Gasteiger partial charge in [0, 0.05) is 30.5 Å². The molecule has 45 heavy (non-hydrogen) atoms. The fourth-order valence-electron chi connectivity index (χ4n) is 6.58. The Morgan fingerprint density at radius 1 is 1.00 bits per heavy atom. The molecule has 2 aromatic rings. The van der Waals surface area contributed by atoms with E-state index in [4.69, 9.17) is 18.9 Å². The number of carbonyl (C=O) groups is 3. The summed E-state index contributed by atoms with van der Waals surface area (Å²) >= 11 is 0. The second-order valence-electron chi connectivity index (χ2n) is 12.2. The molecular formula is C35H49N3O7. The lowest BCUT2D eigenvalue weighted by Crippen LogP contribution is -2.56. The lowest BCUT2D eigenvalue weighted by Gasteiger charge is -2.37. The molecule has 1 aliphatic heterocycles. The summed E-state index contributed by atoms with van der Waals surface area (Å²) in [6.45, 7) is 13.4. The summed E-state index contributed by atoms with van der Waals surface area (Å²) < 4.78 is 23.3. The molecule has 3 amide bonds. The average Bonchev–Trinajstić information content (AvgIpc) is 3.20. The molecule has 1 aliphatic carbocycles. The van der Waals surface area contributed by atoms with Gasteiger partial charge in [0.2, 0.25) is 0 Å². The number of nitrogens with zero attached hydrogens (tertiary/aromatic N) is 1. The molecule has 1 heterocycles. The molecule has 0 saturated heterocycles. The van der Waals surface area contributed by atoms with Crippen molar-refractivity contribution in [3.8, 4) is 5.75 Å². The number of anilines is 2. The van der Waals surface area contributed by atoms with Crippen LogP contribution in [0.4, 0.5) is 16.2 Å². The summed E-state index contributed by atoms with van der Waals surface area (Å²) in [6.07, 6.45) is 1.54. The lowest BCUT2D eigenvalue weighted by molar-refractivity contribution is -0.159. The van der Waals surface area contributed by atoms with Crippen LogP contribution in [0.3, 0.4) is 0 Å². The van der Waals surface area contributed by atoms with Gasteiger partial charge < -0.3 is 34.5 Å². The highest BCUT2D eigenvalue weighted by Gasteiger charge is 2.54. The van der Waals surface area contributed by atoms with Crippen molar-refractivity contribution in [2.45, 2.75) is 85.2 Å². The predicted octanol–water partition coefficient (Wildman–Crippen LogP) is 6.24. The summed E-state index contributed by atoms with van der Waals surface area (Å²) in [4.78, 5) is 43.6. The maximum absolute atomic E-state index is 14.6. The molecule has 4 rings (SSSR count). The molecule has 246 valence electrons. The minimum Gasteiger partial charge on any atom is -0.494 e. The smallest absolute Gasteiger partial charge is 0.320 e. The summed E-state index contributed by atoms with van der Waals surface area (Å²) in [5.74, 6) is 0.619. The van der Waals surface area contributed by atoms with Crippen LogP contribution in [0.1, 0.15) is 72.8 Å². The second kappa shape index (κ2) is 15.6. The molecular weight excluding hydrogens is 574 g/mol. The van der Waals surface area contributed by atoms with E-state index in [-0.39, 0.29) is 25.0 Å². The van der Waals surface area contributed by atoms with Crippen LogP contribution in [0.25, 0.3) is 0 Å². The monoisotopic (exact) mass is 623 g/mol. The number of hydrogen-bond acceptors (Lipinski definition) is 7. The van der Waals surface area contributed by atoms with Gasteiger partial charge in [-0.3, -0.25) is 9.59 Å². The zero-order chi connectivity index (χ0) is 32.6. The van der Waals surface area contributed by atoms with Gasteiger partial charge in [-0.2, -0.15) is 0 Å². The molecule has 1 fully saturated rings. The summed E-state index contributed by atoms with van der Waals surface area (Å²) in [5, 5.41) is 5.73. The second-order valence-corrected chi connectivity index (χ2v) is 12.2. The number of fused-ring (bicyclic) bond motifs is 1. The minimum absolute atomic E-state index is 0.0869. The minimum atomic E-state index is -1.72. The first kappa shape index (κ1) is 34.2. The van der Waals surface area contributed by atoms with Crippen molar-refractivity contribution >= 4 is 29.3 Å². The Bertz CT molecular complexity index is 1310. The first-order chi connectivity index (χ1) is 21.6. The molecule has 2 N–H and O–H groups in total. The standard InChI is InChI=1S/C35H49N3O7/c1-7-42-26-14-12-13-25(20-26)36-34(41)37-35(21-31(39)45-30-19-24(6)17-18-27(30)23(4)5)28-15-10-11-16-29(28)38(33(35)40)22-32(43-8-2)44-9-3/h10-16,20,23-24,27,30,32H,7-9,17-19,21-22H2,1-6H3,(H2,36,37,41). The molecule has 0 bridgehead atoms. The highest BCUT2D eigenvalue weighted by molar-refractivity contribution is 6.11. The highest BCUT2D eigenvalue weighted by Crippen LogP contribution is 2.44. The third kappa shape index (κ3) is 8.16. The molecule has 2 aliphatic rings. The fraction of sp³-hybridized carbons (Fsp3) is 0.571. The molecule has 10 nitrogen and oxygen atoms in total. The van der Waals surface area contributed by atoms with Crippen molar-refractivity contribution in [3.05, 3.63) is 54.1 Å². The number of benzene rings is 2. The number of ether oxygens (including phenoxy) is 4. The number of carbonyl (C=O) groups excluding carboxylic acids is 3. The van der Waals surface area contributed by atoms with Crippen molar-refractivity contribution in [2.24, 2.45) is 17.8 Å². The van der Waals surface area contributed by atoms with Gasteiger partial charge in [-0.1, -0.05) is 51.5 Å². The Morgan fingerprint density at radius 2 is 1.73 bits per heavy atom.